The zero-order valence-electron chi connectivity index (χ0n) is 31.5. The van der Waals surface area contributed by atoms with Crippen molar-refractivity contribution in [1.29, 1.82) is 0 Å². The lowest BCUT2D eigenvalue weighted by atomic mass is 9.96. The van der Waals surface area contributed by atoms with Crippen LogP contribution in [0.2, 0.25) is 5.15 Å². The fourth-order valence-corrected chi connectivity index (χ4v) is 9.26. The first-order valence-electron chi connectivity index (χ1n) is 17.0. The standard InChI is InChI=1S/C21H23ClN4O4S.C16H20BrN3O4S/c1-21(2,3)14-25(20(27)28)12-15-10-18(17-7-5-9-24-19(17)22)26(13-15)31(29,30)16-6-4-8-23-11-16;1-16(2,3)11-19(15(21)22)9-12-7-14(17)20(10-12)25(23,24)13-5-4-6-18-8-13/h4-11,13H,12,14H2,1-3H3,(H,27,28);4-8,10H,9,11H2,1-3H3,(H,21,22). The number of aromatic nitrogens is 5. The molecule has 0 radical (unpaired) electrons. The smallest absolute Gasteiger partial charge is 0.407 e. The lowest BCUT2D eigenvalue weighted by molar-refractivity contribution is 0.122. The Morgan fingerprint density at radius 2 is 1.18 bits per heavy atom. The second-order valence-electron chi connectivity index (χ2n) is 15.1. The molecular weight excluding hydrogens is 850 g/mol. The summed E-state index contributed by atoms with van der Waals surface area (Å²) in [5.41, 5.74) is 1.32. The molecule has 0 aliphatic rings. The van der Waals surface area contributed by atoms with Gasteiger partial charge in [0.15, 0.2) is 0 Å². The fourth-order valence-electron chi connectivity index (χ4n) is 5.49. The summed E-state index contributed by atoms with van der Waals surface area (Å²) in [4.78, 5) is 37.6. The molecule has 0 spiro atoms. The molecule has 19 heteroatoms. The molecule has 5 rings (SSSR count). The van der Waals surface area contributed by atoms with E-state index in [1.807, 2.05) is 41.5 Å². The largest absolute Gasteiger partial charge is 0.465 e. The highest BCUT2D eigenvalue weighted by atomic mass is 79.9. The van der Waals surface area contributed by atoms with Gasteiger partial charge < -0.3 is 20.0 Å². The molecule has 0 aliphatic heterocycles. The van der Waals surface area contributed by atoms with E-state index < -0.39 is 32.2 Å². The quantitative estimate of drug-likeness (QED) is 0.123. The summed E-state index contributed by atoms with van der Waals surface area (Å²) in [6.45, 7) is 12.4. The molecule has 0 saturated heterocycles. The van der Waals surface area contributed by atoms with Crippen LogP contribution in [0.25, 0.3) is 11.3 Å². The van der Waals surface area contributed by atoms with Crippen LogP contribution in [0, 0.1) is 10.8 Å². The lowest BCUT2D eigenvalue weighted by Gasteiger charge is -2.27. The van der Waals surface area contributed by atoms with Crippen LogP contribution in [0.1, 0.15) is 52.7 Å². The number of carboxylic acid groups (broad SMARTS) is 2. The number of rotatable bonds is 11. The van der Waals surface area contributed by atoms with Crippen molar-refractivity contribution in [3.8, 4) is 11.3 Å². The molecule has 300 valence electrons. The van der Waals surface area contributed by atoms with Gasteiger partial charge in [0.05, 0.1) is 18.8 Å². The average molecular weight is 893 g/mol. The molecule has 2 amide bonds. The monoisotopic (exact) mass is 891 g/mol. The molecule has 2 N–H and O–H groups in total. The summed E-state index contributed by atoms with van der Waals surface area (Å²) in [5.74, 6) is 0. The van der Waals surface area contributed by atoms with E-state index in [2.05, 4.69) is 30.9 Å². The van der Waals surface area contributed by atoms with Crippen LogP contribution in [0.3, 0.4) is 0 Å². The van der Waals surface area contributed by atoms with Crippen LogP contribution in [0.5, 0.6) is 0 Å². The van der Waals surface area contributed by atoms with Gasteiger partial charge in [-0.15, -0.1) is 0 Å². The van der Waals surface area contributed by atoms with Crippen molar-refractivity contribution in [1.82, 2.24) is 32.7 Å². The highest BCUT2D eigenvalue weighted by molar-refractivity contribution is 9.10. The average Bonchev–Trinajstić information content (AvgIpc) is 3.71. The molecule has 56 heavy (non-hydrogen) atoms. The summed E-state index contributed by atoms with van der Waals surface area (Å²) in [6.07, 6.45) is 7.71. The second kappa shape index (κ2) is 17.6. The number of nitrogens with zero attached hydrogens (tertiary/aromatic N) is 7. The first-order valence-corrected chi connectivity index (χ1v) is 21.0. The van der Waals surface area contributed by atoms with Crippen molar-refractivity contribution in [3.63, 3.8) is 0 Å². The summed E-state index contributed by atoms with van der Waals surface area (Å²) >= 11 is 9.48. The molecule has 5 heterocycles. The topological polar surface area (TPSA) is 198 Å². The predicted molar refractivity (Wildman–Crippen MR) is 214 cm³/mol. The number of amides is 2. The van der Waals surface area contributed by atoms with E-state index in [9.17, 15) is 36.6 Å². The first kappa shape index (κ1) is 43.9. The summed E-state index contributed by atoms with van der Waals surface area (Å²) in [7, 11) is -7.80. The van der Waals surface area contributed by atoms with E-state index >= 15 is 0 Å². The van der Waals surface area contributed by atoms with Crippen molar-refractivity contribution < 1.29 is 36.6 Å². The Kier molecular flexibility index (Phi) is 13.8. The second-order valence-corrected chi connectivity index (χ2v) is 19.9. The van der Waals surface area contributed by atoms with E-state index in [1.54, 1.807) is 30.3 Å². The van der Waals surface area contributed by atoms with Crippen LogP contribution >= 0.6 is 27.5 Å². The molecule has 15 nitrogen and oxygen atoms in total. The van der Waals surface area contributed by atoms with Crippen molar-refractivity contribution >= 4 is 59.8 Å². The van der Waals surface area contributed by atoms with Crippen LogP contribution in [0.4, 0.5) is 9.59 Å². The maximum absolute atomic E-state index is 13.3. The Labute approximate surface area is 339 Å². The van der Waals surface area contributed by atoms with Crippen LogP contribution < -0.4 is 0 Å². The lowest BCUT2D eigenvalue weighted by Crippen LogP contribution is -2.36. The molecular formula is C37H43BrClN7O8S2. The van der Waals surface area contributed by atoms with Gasteiger partial charge in [-0.25, -0.2) is 39.4 Å². The number of carbonyl (C=O) groups is 2. The normalized spacial score (nSPS) is 12.1. The van der Waals surface area contributed by atoms with Gasteiger partial charge in [-0.2, -0.15) is 0 Å². The number of hydrogen-bond acceptors (Lipinski definition) is 9. The van der Waals surface area contributed by atoms with Crippen LogP contribution in [0.15, 0.2) is 106 Å². The van der Waals surface area contributed by atoms with E-state index in [0.717, 1.165) is 7.94 Å². The minimum Gasteiger partial charge on any atom is -0.465 e. The van der Waals surface area contributed by atoms with E-state index in [-0.39, 0.29) is 51.1 Å². The molecule has 0 aromatic carbocycles. The SMILES string of the molecule is CC(C)(C)CN(Cc1cc(-c2cccnc2Cl)n(S(=O)(=O)c2cccnc2)c1)C(=O)O.CC(C)(C)CN(Cc1cc(Br)n(S(=O)(=O)c2cccnc2)c1)C(=O)O. The zero-order valence-corrected chi connectivity index (χ0v) is 35.5. The summed E-state index contributed by atoms with van der Waals surface area (Å²) < 4.78 is 54.5. The van der Waals surface area contributed by atoms with Crippen LogP contribution in [-0.4, -0.2) is 85.0 Å². The Bertz CT molecular complexity index is 2380. The molecule has 5 aromatic rings. The minimum atomic E-state index is -4.00. The Hall–Kier alpha value is -4.78. The van der Waals surface area contributed by atoms with Gasteiger partial charge in [-0.3, -0.25) is 9.97 Å². The Morgan fingerprint density at radius 3 is 1.61 bits per heavy atom. The van der Waals surface area contributed by atoms with Crippen molar-refractivity contribution in [3.05, 3.63) is 113 Å². The Morgan fingerprint density at radius 1 is 0.732 bits per heavy atom. The zero-order chi connectivity index (χ0) is 41.6. The van der Waals surface area contributed by atoms with Crippen molar-refractivity contribution in [2.75, 3.05) is 13.1 Å². The van der Waals surface area contributed by atoms with Gasteiger partial charge in [0.1, 0.15) is 19.5 Å². The third-order valence-electron chi connectivity index (χ3n) is 7.68. The van der Waals surface area contributed by atoms with E-state index in [0.29, 0.717) is 27.8 Å². The number of hydrogen-bond donors (Lipinski definition) is 2. The summed E-state index contributed by atoms with van der Waals surface area (Å²) in [5, 5.41) is 19.2. The minimum absolute atomic E-state index is 0.00296. The van der Waals surface area contributed by atoms with Crippen molar-refractivity contribution in [2.45, 2.75) is 64.4 Å². The predicted octanol–water partition coefficient (Wildman–Crippen LogP) is 7.77. The van der Waals surface area contributed by atoms with Gasteiger partial charge in [0, 0.05) is 62.0 Å². The fraction of sp³-hybridized carbons (Fsp3) is 0.324. The third kappa shape index (κ3) is 11.4. The van der Waals surface area contributed by atoms with E-state index in [4.69, 9.17) is 11.6 Å². The van der Waals surface area contributed by atoms with E-state index in [1.165, 1.54) is 71.4 Å². The molecule has 0 atom stereocenters. The third-order valence-corrected chi connectivity index (χ3v) is 12.1. The van der Waals surface area contributed by atoms with Crippen LogP contribution in [-0.2, 0) is 33.1 Å². The summed E-state index contributed by atoms with van der Waals surface area (Å²) in [6, 6.07) is 12.5. The van der Waals surface area contributed by atoms with Gasteiger partial charge in [0.2, 0.25) is 0 Å². The highest BCUT2D eigenvalue weighted by Gasteiger charge is 2.27. The van der Waals surface area contributed by atoms with Gasteiger partial charge in [0.25, 0.3) is 20.0 Å². The molecule has 0 aliphatic carbocycles. The van der Waals surface area contributed by atoms with Gasteiger partial charge in [-0.1, -0.05) is 53.1 Å². The Balaban J connectivity index is 0.000000255. The molecule has 0 fully saturated rings. The molecule has 0 bridgehead atoms. The van der Waals surface area contributed by atoms with Gasteiger partial charge >= 0.3 is 12.2 Å². The molecule has 0 unspecified atom stereocenters. The maximum Gasteiger partial charge on any atom is 0.407 e. The maximum atomic E-state index is 13.3. The number of halogens is 2. The first-order chi connectivity index (χ1) is 26.0. The highest BCUT2D eigenvalue weighted by Crippen LogP contribution is 2.32. The molecule has 0 saturated carbocycles. The van der Waals surface area contributed by atoms with Crippen molar-refractivity contribution in [2.24, 2.45) is 10.8 Å². The van der Waals surface area contributed by atoms with Gasteiger partial charge in [-0.05, 0) is 86.4 Å². The molecule has 5 aromatic heterocycles. The number of pyridine rings is 3.